The van der Waals surface area contributed by atoms with E-state index in [4.69, 9.17) is 33.5 Å². The van der Waals surface area contributed by atoms with Gasteiger partial charge in [0.15, 0.2) is 5.82 Å². The first-order valence-electron chi connectivity index (χ1n) is 9.62. The Balaban J connectivity index is 1.76. The molecule has 0 radical (unpaired) electrons. The van der Waals surface area contributed by atoms with Crippen LogP contribution in [0.4, 0.5) is 0 Å². The quantitative estimate of drug-likeness (QED) is 0.424. The zero-order chi connectivity index (χ0) is 21.1. The van der Waals surface area contributed by atoms with Crippen LogP contribution < -0.4 is 5.69 Å². The van der Waals surface area contributed by atoms with Gasteiger partial charge in [0.1, 0.15) is 17.4 Å². The van der Waals surface area contributed by atoms with Crippen molar-refractivity contribution in [3.8, 4) is 11.8 Å². The lowest BCUT2D eigenvalue weighted by atomic mass is 10.1. The third-order valence-electron chi connectivity index (χ3n) is 4.88. The van der Waals surface area contributed by atoms with Gasteiger partial charge in [-0.1, -0.05) is 47.8 Å². The highest BCUT2D eigenvalue weighted by molar-refractivity contribution is 6.35. The Bertz CT molecular complexity index is 1220. The van der Waals surface area contributed by atoms with Crippen molar-refractivity contribution in [1.82, 2.24) is 19.3 Å². The van der Waals surface area contributed by atoms with Crippen LogP contribution in [0.3, 0.4) is 0 Å². The van der Waals surface area contributed by atoms with Gasteiger partial charge < -0.3 is 0 Å². The first-order chi connectivity index (χ1) is 14.6. The van der Waals surface area contributed by atoms with Gasteiger partial charge in [-0.3, -0.25) is 4.99 Å². The van der Waals surface area contributed by atoms with Crippen LogP contribution in [0.15, 0.2) is 46.2 Å². The van der Waals surface area contributed by atoms with Crippen LogP contribution in [0, 0.1) is 11.3 Å². The lowest BCUT2D eigenvalue weighted by Crippen LogP contribution is -2.25. The third-order valence-corrected chi connectivity index (χ3v) is 5.42. The maximum Gasteiger partial charge on any atom is 0.350 e. The monoisotopic (exact) mass is 440 g/mol. The van der Waals surface area contributed by atoms with E-state index >= 15 is 0 Å². The number of fused-ring (bicyclic) bond motifs is 3. The lowest BCUT2D eigenvalue weighted by molar-refractivity contribution is 0.528. The maximum absolute atomic E-state index is 13.1. The smallest absolute Gasteiger partial charge is 0.274 e. The summed E-state index contributed by atoms with van der Waals surface area (Å²) in [4.78, 5) is 22.3. The van der Waals surface area contributed by atoms with Gasteiger partial charge in [0.25, 0.3) is 0 Å². The van der Waals surface area contributed by atoms with E-state index in [2.05, 4.69) is 16.2 Å². The number of halogens is 2. The molecule has 1 aliphatic rings. The van der Waals surface area contributed by atoms with Crippen LogP contribution in [0.1, 0.15) is 42.8 Å². The topological polar surface area (TPSA) is 88.9 Å². The minimum atomic E-state index is -0.244. The molecule has 0 saturated heterocycles. The molecule has 0 spiro atoms. The second-order valence-corrected chi connectivity index (χ2v) is 7.67. The van der Waals surface area contributed by atoms with Crippen molar-refractivity contribution in [2.75, 3.05) is 0 Å². The van der Waals surface area contributed by atoms with E-state index in [1.807, 2.05) is 18.2 Å². The highest BCUT2D eigenvalue weighted by atomic mass is 35.5. The molecule has 3 aromatic rings. The number of aliphatic imine (C=N–C) groups is 1. The van der Waals surface area contributed by atoms with E-state index in [9.17, 15) is 4.79 Å². The molecule has 0 atom stereocenters. The number of nitrogens with zero attached hydrogens (tertiary/aromatic N) is 6. The summed E-state index contributed by atoms with van der Waals surface area (Å²) < 4.78 is 3.00. The average molecular weight is 441 g/mol. The fourth-order valence-electron chi connectivity index (χ4n) is 3.46. The molecule has 4 rings (SSSR count). The summed E-state index contributed by atoms with van der Waals surface area (Å²) in [5.74, 6) is 0.532. The minimum absolute atomic E-state index is 0.213. The average Bonchev–Trinajstić information content (AvgIpc) is 2.95. The highest BCUT2D eigenvalue weighted by Gasteiger charge is 2.25. The van der Waals surface area contributed by atoms with E-state index < -0.39 is 0 Å². The standard InChI is InChI=1S/C21H18Cl2N6O/c22-15-8-4-3-7-14(15)19-20-16(9-10-17(23)26-20)29-18(13-25-19)27-28(21(29)30)12-6-2-1-5-11-24/h3-4,7-10H,1-2,5-6,12-13H2. The van der Waals surface area contributed by atoms with Crippen molar-refractivity contribution in [2.24, 2.45) is 4.99 Å². The van der Waals surface area contributed by atoms with Crippen molar-refractivity contribution < 1.29 is 0 Å². The molecule has 0 N–H and O–H groups in total. The van der Waals surface area contributed by atoms with Crippen LogP contribution in [0.25, 0.3) is 5.69 Å². The molecule has 1 aliphatic heterocycles. The molecule has 1 aromatic carbocycles. The summed E-state index contributed by atoms with van der Waals surface area (Å²) in [6.45, 7) is 0.701. The number of unbranched alkanes of at least 4 members (excludes halogenated alkanes) is 3. The minimum Gasteiger partial charge on any atom is -0.274 e. The molecule has 152 valence electrons. The Kier molecular flexibility index (Phi) is 5.98. The molecule has 2 aromatic heterocycles. The predicted octanol–water partition coefficient (Wildman–Crippen LogP) is 4.17. The Morgan fingerprint density at radius 1 is 1.10 bits per heavy atom. The van der Waals surface area contributed by atoms with Crippen LogP contribution in [0.2, 0.25) is 10.2 Å². The summed E-state index contributed by atoms with van der Waals surface area (Å²) >= 11 is 12.6. The maximum atomic E-state index is 13.1. The van der Waals surface area contributed by atoms with E-state index in [-0.39, 0.29) is 12.2 Å². The SMILES string of the molecule is N#CCCCCCn1nc2n(c1=O)-c1ccc(Cl)nc1C(c1ccccc1Cl)=NC2. The Morgan fingerprint density at radius 3 is 2.73 bits per heavy atom. The fourth-order valence-corrected chi connectivity index (χ4v) is 3.83. The van der Waals surface area contributed by atoms with E-state index in [1.165, 1.54) is 4.68 Å². The van der Waals surface area contributed by atoms with Gasteiger partial charge in [-0.05, 0) is 31.0 Å². The number of hydrogen-bond acceptors (Lipinski definition) is 5. The van der Waals surface area contributed by atoms with Gasteiger partial charge >= 0.3 is 5.69 Å². The molecule has 7 nitrogen and oxygen atoms in total. The second kappa shape index (κ2) is 8.82. The molecular formula is C21H18Cl2N6O. The highest BCUT2D eigenvalue weighted by Crippen LogP contribution is 2.26. The number of nitriles is 1. The van der Waals surface area contributed by atoms with Crippen LogP contribution in [-0.4, -0.2) is 25.0 Å². The number of aryl methyl sites for hydroxylation is 1. The molecule has 0 saturated carbocycles. The van der Waals surface area contributed by atoms with Crippen LogP contribution in [-0.2, 0) is 13.1 Å². The summed E-state index contributed by atoms with van der Waals surface area (Å²) in [6, 6.07) is 12.9. The van der Waals surface area contributed by atoms with Gasteiger partial charge in [-0.15, -0.1) is 0 Å². The normalized spacial score (nSPS) is 12.5. The van der Waals surface area contributed by atoms with Crippen molar-refractivity contribution in [2.45, 2.75) is 38.8 Å². The Hall–Kier alpha value is -2.95. The Morgan fingerprint density at radius 2 is 1.93 bits per heavy atom. The molecule has 30 heavy (non-hydrogen) atoms. The molecule has 0 aliphatic carbocycles. The van der Waals surface area contributed by atoms with Crippen molar-refractivity contribution in [1.29, 1.82) is 5.26 Å². The molecule has 0 amide bonds. The van der Waals surface area contributed by atoms with Crippen molar-refractivity contribution in [3.05, 3.63) is 74.1 Å². The zero-order valence-corrected chi connectivity index (χ0v) is 17.6. The molecule has 0 bridgehead atoms. The van der Waals surface area contributed by atoms with E-state index in [1.54, 1.807) is 22.8 Å². The number of hydrogen-bond donors (Lipinski definition) is 0. The fraction of sp³-hybridized carbons (Fsp3) is 0.286. The summed E-state index contributed by atoms with van der Waals surface area (Å²) in [5.41, 5.74) is 2.12. The second-order valence-electron chi connectivity index (χ2n) is 6.87. The first-order valence-corrected chi connectivity index (χ1v) is 10.4. The van der Waals surface area contributed by atoms with Gasteiger partial charge in [-0.25, -0.2) is 19.0 Å². The summed E-state index contributed by atoms with van der Waals surface area (Å²) in [6.07, 6.45) is 2.98. The van der Waals surface area contributed by atoms with Gasteiger partial charge in [0.2, 0.25) is 0 Å². The number of benzene rings is 1. The molecule has 3 heterocycles. The predicted molar refractivity (Wildman–Crippen MR) is 116 cm³/mol. The number of rotatable bonds is 6. The Labute approximate surface area is 183 Å². The summed E-state index contributed by atoms with van der Waals surface area (Å²) in [7, 11) is 0. The molecule has 9 heteroatoms. The van der Waals surface area contributed by atoms with Gasteiger partial charge in [0, 0.05) is 18.5 Å². The molecular weight excluding hydrogens is 423 g/mol. The van der Waals surface area contributed by atoms with Crippen LogP contribution >= 0.6 is 23.2 Å². The molecule has 0 fully saturated rings. The lowest BCUT2D eigenvalue weighted by Gasteiger charge is -2.11. The van der Waals surface area contributed by atoms with E-state index in [0.717, 1.165) is 24.8 Å². The van der Waals surface area contributed by atoms with E-state index in [0.29, 0.717) is 46.1 Å². The summed E-state index contributed by atoms with van der Waals surface area (Å²) in [5, 5.41) is 14.0. The third kappa shape index (κ3) is 3.89. The van der Waals surface area contributed by atoms with Crippen molar-refractivity contribution >= 4 is 28.9 Å². The number of pyridine rings is 1. The van der Waals surface area contributed by atoms with Gasteiger partial charge in [-0.2, -0.15) is 10.4 Å². The number of aromatic nitrogens is 4. The van der Waals surface area contributed by atoms with Crippen molar-refractivity contribution in [3.63, 3.8) is 0 Å². The first kappa shape index (κ1) is 20.3. The van der Waals surface area contributed by atoms with Gasteiger partial charge in [0.05, 0.1) is 22.5 Å². The zero-order valence-electron chi connectivity index (χ0n) is 16.1. The largest absolute Gasteiger partial charge is 0.350 e. The van der Waals surface area contributed by atoms with Crippen LogP contribution in [0.5, 0.6) is 0 Å². The molecule has 0 unspecified atom stereocenters.